The Hall–Kier alpha value is -1.08. The Morgan fingerprint density at radius 3 is 2.44 bits per heavy atom. The first kappa shape index (κ1) is 20.2. The Balaban J connectivity index is 1.69. The standard InChI is InChI=1S/C24H38O/c1-23(2,3)17-9-8-11-21-15-13-20(14-16-21)10-6-7-12-22-24(4,5)18-19-25-22/h6,10,13-16,22H,7-9,11-12,17-19H2,1-5H3/b10-6+. The van der Waals surface area contributed by atoms with Crippen LogP contribution in [0.15, 0.2) is 30.3 Å². The van der Waals surface area contributed by atoms with Gasteiger partial charge >= 0.3 is 0 Å². The summed E-state index contributed by atoms with van der Waals surface area (Å²) in [6, 6.07) is 9.09. The molecule has 1 saturated heterocycles. The molecule has 140 valence electrons. The highest BCUT2D eigenvalue weighted by atomic mass is 16.5. The quantitative estimate of drug-likeness (QED) is 0.460. The zero-order chi connectivity index (χ0) is 18.3. The van der Waals surface area contributed by atoms with Crippen molar-refractivity contribution in [2.24, 2.45) is 10.8 Å². The van der Waals surface area contributed by atoms with Crippen LogP contribution in [0.4, 0.5) is 0 Å². The maximum absolute atomic E-state index is 5.87. The molecular weight excluding hydrogens is 304 g/mol. The van der Waals surface area contributed by atoms with Crippen LogP contribution in [0, 0.1) is 10.8 Å². The highest BCUT2D eigenvalue weighted by molar-refractivity contribution is 5.49. The van der Waals surface area contributed by atoms with E-state index in [4.69, 9.17) is 4.74 Å². The summed E-state index contributed by atoms with van der Waals surface area (Å²) in [7, 11) is 0. The zero-order valence-electron chi connectivity index (χ0n) is 17.1. The Bertz CT molecular complexity index is 530. The molecule has 0 aliphatic carbocycles. The van der Waals surface area contributed by atoms with Gasteiger partial charge in [0, 0.05) is 6.61 Å². The summed E-state index contributed by atoms with van der Waals surface area (Å²) in [6.07, 6.45) is 13.5. The van der Waals surface area contributed by atoms with Crippen LogP contribution in [0.25, 0.3) is 6.08 Å². The molecule has 1 aromatic carbocycles. The lowest BCUT2D eigenvalue weighted by molar-refractivity contribution is 0.0579. The summed E-state index contributed by atoms with van der Waals surface area (Å²) in [6.45, 7) is 12.6. The Labute approximate surface area is 155 Å². The van der Waals surface area contributed by atoms with Gasteiger partial charge < -0.3 is 4.74 Å². The number of allylic oxidation sites excluding steroid dienone is 1. The maximum Gasteiger partial charge on any atom is 0.0629 e. The minimum Gasteiger partial charge on any atom is -0.378 e. The molecule has 0 spiro atoms. The van der Waals surface area contributed by atoms with Gasteiger partial charge in [0.1, 0.15) is 0 Å². The highest BCUT2D eigenvalue weighted by Crippen LogP contribution is 2.36. The van der Waals surface area contributed by atoms with Crippen LogP contribution in [0.3, 0.4) is 0 Å². The third-order valence-corrected chi connectivity index (χ3v) is 5.46. The molecule has 0 amide bonds. The third-order valence-electron chi connectivity index (χ3n) is 5.46. The van der Waals surface area contributed by atoms with E-state index in [-0.39, 0.29) is 0 Å². The summed E-state index contributed by atoms with van der Waals surface area (Å²) >= 11 is 0. The van der Waals surface area contributed by atoms with Crippen molar-refractivity contribution in [3.63, 3.8) is 0 Å². The van der Waals surface area contributed by atoms with Gasteiger partial charge in [-0.3, -0.25) is 0 Å². The summed E-state index contributed by atoms with van der Waals surface area (Å²) in [5.74, 6) is 0. The first-order valence-electron chi connectivity index (χ1n) is 10.1. The van der Waals surface area contributed by atoms with Crippen LogP contribution >= 0.6 is 0 Å². The monoisotopic (exact) mass is 342 g/mol. The largest absolute Gasteiger partial charge is 0.378 e. The summed E-state index contributed by atoms with van der Waals surface area (Å²) in [5, 5.41) is 0. The topological polar surface area (TPSA) is 9.23 Å². The number of aryl methyl sites for hydroxylation is 1. The molecule has 0 aromatic heterocycles. The molecule has 1 aliphatic heterocycles. The van der Waals surface area contributed by atoms with E-state index < -0.39 is 0 Å². The van der Waals surface area contributed by atoms with Gasteiger partial charge in [-0.05, 0) is 60.5 Å². The first-order valence-corrected chi connectivity index (χ1v) is 10.1. The molecule has 0 bridgehead atoms. The second kappa shape index (κ2) is 9.03. The molecule has 0 N–H and O–H groups in total. The van der Waals surface area contributed by atoms with E-state index in [1.165, 1.54) is 43.2 Å². The molecule has 1 nitrogen and oxygen atoms in total. The molecule has 1 aromatic rings. The zero-order valence-corrected chi connectivity index (χ0v) is 17.1. The second-order valence-corrected chi connectivity index (χ2v) is 9.59. The van der Waals surface area contributed by atoms with E-state index >= 15 is 0 Å². The predicted molar refractivity (Wildman–Crippen MR) is 110 cm³/mol. The lowest BCUT2D eigenvalue weighted by atomic mass is 9.83. The van der Waals surface area contributed by atoms with Gasteiger partial charge in [0.05, 0.1) is 6.10 Å². The molecule has 25 heavy (non-hydrogen) atoms. The number of rotatable bonds is 8. The van der Waals surface area contributed by atoms with Gasteiger partial charge in [0.2, 0.25) is 0 Å². The van der Waals surface area contributed by atoms with E-state index in [2.05, 4.69) is 71.0 Å². The summed E-state index contributed by atoms with van der Waals surface area (Å²) in [4.78, 5) is 0. The lowest BCUT2D eigenvalue weighted by Gasteiger charge is -2.24. The van der Waals surface area contributed by atoms with Gasteiger partial charge in [-0.1, -0.05) is 77.5 Å². The van der Waals surface area contributed by atoms with Crippen LogP contribution in [0.1, 0.15) is 84.3 Å². The molecular formula is C24H38O. The molecule has 1 unspecified atom stereocenters. The van der Waals surface area contributed by atoms with E-state index in [1.54, 1.807) is 0 Å². The molecule has 2 rings (SSSR count). The van der Waals surface area contributed by atoms with Crippen molar-refractivity contribution in [2.75, 3.05) is 6.61 Å². The third kappa shape index (κ3) is 7.36. The minimum absolute atomic E-state index is 0.350. The smallest absolute Gasteiger partial charge is 0.0629 e. The van der Waals surface area contributed by atoms with Crippen LogP contribution < -0.4 is 0 Å². The second-order valence-electron chi connectivity index (χ2n) is 9.59. The molecule has 0 saturated carbocycles. The van der Waals surface area contributed by atoms with E-state index in [0.717, 1.165) is 19.4 Å². The molecule has 1 aliphatic rings. The number of hydrogen-bond donors (Lipinski definition) is 0. The summed E-state index contributed by atoms with van der Waals surface area (Å²) in [5.41, 5.74) is 3.59. The van der Waals surface area contributed by atoms with Crippen LogP contribution in [0.5, 0.6) is 0 Å². The molecule has 1 heterocycles. The first-order chi connectivity index (χ1) is 11.8. The minimum atomic E-state index is 0.350. The molecule has 1 heteroatoms. The molecule has 0 radical (unpaired) electrons. The highest BCUT2D eigenvalue weighted by Gasteiger charge is 2.34. The molecule has 1 fully saturated rings. The van der Waals surface area contributed by atoms with Crippen molar-refractivity contribution in [2.45, 2.75) is 85.7 Å². The van der Waals surface area contributed by atoms with Crippen molar-refractivity contribution >= 4 is 6.08 Å². The van der Waals surface area contributed by atoms with E-state index in [1.807, 2.05) is 0 Å². The van der Waals surface area contributed by atoms with Crippen LogP contribution in [-0.4, -0.2) is 12.7 Å². The van der Waals surface area contributed by atoms with Gasteiger partial charge in [-0.25, -0.2) is 0 Å². The van der Waals surface area contributed by atoms with Gasteiger partial charge in [0.25, 0.3) is 0 Å². The van der Waals surface area contributed by atoms with Gasteiger partial charge in [-0.2, -0.15) is 0 Å². The number of unbranched alkanes of at least 4 members (excludes halogenated alkanes) is 1. The fourth-order valence-corrected chi connectivity index (χ4v) is 3.57. The van der Waals surface area contributed by atoms with Gasteiger partial charge in [-0.15, -0.1) is 0 Å². The van der Waals surface area contributed by atoms with Gasteiger partial charge in [0.15, 0.2) is 0 Å². The average molecular weight is 343 g/mol. The normalized spacial score (nSPS) is 20.4. The Kier molecular flexibility index (Phi) is 7.31. The maximum atomic E-state index is 5.87. The predicted octanol–water partition coefficient (Wildman–Crippen LogP) is 7.05. The van der Waals surface area contributed by atoms with Crippen molar-refractivity contribution < 1.29 is 4.74 Å². The lowest BCUT2D eigenvalue weighted by Crippen LogP contribution is -2.23. The fraction of sp³-hybridized carbons (Fsp3) is 0.667. The fourth-order valence-electron chi connectivity index (χ4n) is 3.57. The number of hydrogen-bond acceptors (Lipinski definition) is 1. The Morgan fingerprint density at radius 2 is 1.84 bits per heavy atom. The van der Waals surface area contributed by atoms with Crippen molar-refractivity contribution in [1.29, 1.82) is 0 Å². The van der Waals surface area contributed by atoms with E-state index in [0.29, 0.717) is 16.9 Å². The summed E-state index contributed by atoms with van der Waals surface area (Å²) < 4.78 is 5.87. The SMILES string of the molecule is CC(C)(C)CCCCc1ccc(/C=C/CCC2OCCC2(C)C)cc1. The number of ether oxygens (including phenoxy) is 1. The van der Waals surface area contributed by atoms with Crippen molar-refractivity contribution in [3.05, 3.63) is 41.5 Å². The van der Waals surface area contributed by atoms with E-state index in [9.17, 15) is 0 Å². The molecule has 1 atom stereocenters. The van der Waals surface area contributed by atoms with Crippen molar-refractivity contribution in [1.82, 2.24) is 0 Å². The van der Waals surface area contributed by atoms with Crippen LogP contribution in [-0.2, 0) is 11.2 Å². The Morgan fingerprint density at radius 1 is 1.12 bits per heavy atom. The van der Waals surface area contributed by atoms with Crippen LogP contribution in [0.2, 0.25) is 0 Å². The number of benzene rings is 1. The van der Waals surface area contributed by atoms with Crippen molar-refractivity contribution in [3.8, 4) is 0 Å². The average Bonchev–Trinajstić information content (AvgIpc) is 2.87.